The average Bonchev–Trinajstić information content (AvgIpc) is 3.25. The van der Waals surface area contributed by atoms with E-state index in [-0.39, 0.29) is 6.29 Å². The van der Waals surface area contributed by atoms with Crippen molar-refractivity contribution in [1.29, 1.82) is 0 Å². The summed E-state index contributed by atoms with van der Waals surface area (Å²) in [4.78, 5) is 18.8. The molecule has 0 atom stereocenters. The molecule has 1 aromatic rings. The Hall–Kier alpha value is -1.71. The Morgan fingerprint density at radius 3 is 2.43 bits per heavy atom. The number of carbonyl (C=O) groups is 1. The SMILES string of the molecule is CC(C)(C)OC(=O)NC(C)(C)c1noc(CN2CCC(C3OCCO3)CC2)n1. The molecule has 0 aromatic carbocycles. The maximum Gasteiger partial charge on any atom is 0.408 e. The number of hydrogen-bond donors (Lipinski definition) is 1. The van der Waals surface area contributed by atoms with Crippen molar-refractivity contribution in [2.75, 3.05) is 26.3 Å². The lowest BCUT2D eigenvalue weighted by molar-refractivity contribution is -0.0981. The molecule has 9 heteroatoms. The topological polar surface area (TPSA) is 99.0 Å². The molecule has 1 aromatic heterocycles. The summed E-state index contributed by atoms with van der Waals surface area (Å²) in [6.07, 6.45) is 1.49. The third kappa shape index (κ3) is 5.65. The molecule has 0 saturated carbocycles. The lowest BCUT2D eigenvalue weighted by Crippen LogP contribution is -2.44. The van der Waals surface area contributed by atoms with E-state index in [4.69, 9.17) is 18.7 Å². The van der Waals surface area contributed by atoms with E-state index >= 15 is 0 Å². The van der Waals surface area contributed by atoms with E-state index < -0.39 is 17.2 Å². The van der Waals surface area contributed by atoms with Crippen molar-refractivity contribution in [3.63, 3.8) is 0 Å². The summed E-state index contributed by atoms with van der Waals surface area (Å²) in [5, 5.41) is 6.85. The van der Waals surface area contributed by atoms with Crippen LogP contribution < -0.4 is 5.32 Å². The molecule has 158 valence electrons. The zero-order valence-electron chi connectivity index (χ0n) is 17.5. The Kier molecular flexibility index (Phi) is 6.26. The smallest absolute Gasteiger partial charge is 0.408 e. The molecule has 28 heavy (non-hydrogen) atoms. The van der Waals surface area contributed by atoms with Crippen molar-refractivity contribution in [1.82, 2.24) is 20.4 Å². The molecule has 3 rings (SSSR count). The van der Waals surface area contributed by atoms with E-state index in [9.17, 15) is 4.79 Å². The summed E-state index contributed by atoms with van der Waals surface area (Å²) in [5.74, 6) is 1.42. The molecule has 1 N–H and O–H groups in total. The van der Waals surface area contributed by atoms with Gasteiger partial charge in [-0.15, -0.1) is 0 Å². The zero-order valence-corrected chi connectivity index (χ0v) is 17.5. The van der Waals surface area contributed by atoms with Crippen molar-refractivity contribution in [3.05, 3.63) is 11.7 Å². The summed E-state index contributed by atoms with van der Waals surface area (Å²) in [6, 6.07) is 0. The van der Waals surface area contributed by atoms with Crippen molar-refractivity contribution in [2.45, 2.75) is 71.4 Å². The summed E-state index contributed by atoms with van der Waals surface area (Å²) in [6.45, 7) is 13.0. The Labute approximate surface area is 166 Å². The van der Waals surface area contributed by atoms with Crippen molar-refractivity contribution in [2.24, 2.45) is 5.92 Å². The second-order valence-corrected chi connectivity index (χ2v) is 8.99. The van der Waals surface area contributed by atoms with Gasteiger partial charge in [0.05, 0.1) is 19.8 Å². The Morgan fingerprint density at radius 2 is 1.82 bits per heavy atom. The van der Waals surface area contributed by atoms with E-state index in [2.05, 4.69) is 20.4 Å². The van der Waals surface area contributed by atoms with Gasteiger partial charge in [-0.1, -0.05) is 5.16 Å². The number of amides is 1. The van der Waals surface area contributed by atoms with Gasteiger partial charge in [0.1, 0.15) is 11.1 Å². The Bertz CT molecular complexity index is 656. The molecule has 9 nitrogen and oxygen atoms in total. The van der Waals surface area contributed by atoms with Crippen LogP contribution in [0.1, 0.15) is 59.2 Å². The number of nitrogens with one attached hydrogen (secondary N) is 1. The first-order valence-corrected chi connectivity index (χ1v) is 9.92. The second kappa shape index (κ2) is 8.34. The number of carbonyl (C=O) groups excluding carboxylic acids is 1. The highest BCUT2D eigenvalue weighted by molar-refractivity contribution is 5.68. The van der Waals surface area contributed by atoms with Gasteiger partial charge in [-0.25, -0.2) is 4.79 Å². The van der Waals surface area contributed by atoms with E-state index in [1.807, 2.05) is 34.6 Å². The second-order valence-electron chi connectivity index (χ2n) is 8.99. The van der Waals surface area contributed by atoms with Crippen LogP contribution >= 0.6 is 0 Å². The minimum atomic E-state index is -0.797. The number of nitrogens with zero attached hydrogens (tertiary/aromatic N) is 3. The molecule has 3 heterocycles. The molecular weight excluding hydrogens is 364 g/mol. The third-order valence-electron chi connectivity index (χ3n) is 4.86. The maximum absolute atomic E-state index is 12.1. The van der Waals surface area contributed by atoms with Crippen LogP contribution in [0.2, 0.25) is 0 Å². The first-order chi connectivity index (χ1) is 13.1. The van der Waals surface area contributed by atoms with E-state index in [0.29, 0.717) is 37.4 Å². The highest BCUT2D eigenvalue weighted by Gasteiger charge is 2.33. The predicted octanol–water partition coefficient (Wildman–Crippen LogP) is 2.41. The molecular formula is C19H32N4O5. The average molecular weight is 396 g/mol. The number of ether oxygens (including phenoxy) is 3. The monoisotopic (exact) mass is 396 g/mol. The standard InChI is InChI=1S/C19H32N4O5/c1-18(2,3)27-17(24)21-19(4,5)16-20-14(28-22-16)12-23-8-6-13(7-9-23)15-25-10-11-26-15/h13,15H,6-12H2,1-5H3,(H,21,24). The molecule has 0 spiro atoms. The zero-order chi connectivity index (χ0) is 20.4. The van der Waals surface area contributed by atoms with Gasteiger partial charge in [-0.3, -0.25) is 4.90 Å². The Balaban J connectivity index is 1.50. The van der Waals surface area contributed by atoms with Crippen LogP contribution in [0, 0.1) is 5.92 Å². The quantitative estimate of drug-likeness (QED) is 0.810. The van der Waals surface area contributed by atoms with Gasteiger partial charge in [0.15, 0.2) is 12.1 Å². The minimum Gasteiger partial charge on any atom is -0.444 e. The van der Waals surface area contributed by atoms with Crippen LogP contribution in [0.4, 0.5) is 4.79 Å². The van der Waals surface area contributed by atoms with E-state index in [1.165, 1.54) is 0 Å². The number of rotatable bonds is 5. The van der Waals surface area contributed by atoms with Gasteiger partial charge >= 0.3 is 6.09 Å². The van der Waals surface area contributed by atoms with Crippen LogP contribution in [0.5, 0.6) is 0 Å². The van der Waals surface area contributed by atoms with Gasteiger partial charge in [-0.2, -0.15) is 4.98 Å². The van der Waals surface area contributed by atoms with Gasteiger partial charge in [0, 0.05) is 5.92 Å². The van der Waals surface area contributed by atoms with Crippen LogP contribution in [0.3, 0.4) is 0 Å². The van der Waals surface area contributed by atoms with Gasteiger partial charge < -0.3 is 24.1 Å². The fourth-order valence-corrected chi connectivity index (χ4v) is 3.41. The summed E-state index contributed by atoms with van der Waals surface area (Å²) < 4.78 is 22.0. The van der Waals surface area contributed by atoms with Crippen LogP contribution in [0.25, 0.3) is 0 Å². The number of aromatic nitrogens is 2. The molecule has 1 amide bonds. The molecule has 2 saturated heterocycles. The largest absolute Gasteiger partial charge is 0.444 e. The summed E-state index contributed by atoms with van der Waals surface area (Å²) in [7, 11) is 0. The predicted molar refractivity (Wildman–Crippen MR) is 100 cm³/mol. The summed E-state index contributed by atoms with van der Waals surface area (Å²) in [5.41, 5.74) is -1.36. The highest BCUT2D eigenvalue weighted by Crippen LogP contribution is 2.26. The van der Waals surface area contributed by atoms with Crippen molar-refractivity contribution < 1.29 is 23.5 Å². The molecule has 2 aliphatic rings. The fourth-order valence-electron chi connectivity index (χ4n) is 3.41. The normalized spacial score (nSPS) is 20.5. The highest BCUT2D eigenvalue weighted by atomic mass is 16.7. The first-order valence-electron chi connectivity index (χ1n) is 9.92. The van der Waals surface area contributed by atoms with Gasteiger partial charge in [0.2, 0.25) is 5.89 Å². The number of piperidine rings is 1. The lowest BCUT2D eigenvalue weighted by Gasteiger charge is -2.32. The van der Waals surface area contributed by atoms with Gasteiger partial charge in [0.25, 0.3) is 0 Å². The van der Waals surface area contributed by atoms with Crippen LogP contribution in [-0.4, -0.2) is 59.3 Å². The fraction of sp³-hybridized carbons (Fsp3) is 0.842. The lowest BCUT2D eigenvalue weighted by atomic mass is 9.96. The van der Waals surface area contributed by atoms with E-state index in [1.54, 1.807) is 0 Å². The molecule has 0 aliphatic carbocycles. The van der Waals surface area contributed by atoms with Crippen molar-refractivity contribution >= 4 is 6.09 Å². The van der Waals surface area contributed by atoms with Crippen molar-refractivity contribution in [3.8, 4) is 0 Å². The van der Waals surface area contributed by atoms with E-state index in [0.717, 1.165) is 25.9 Å². The Morgan fingerprint density at radius 1 is 1.18 bits per heavy atom. The molecule has 2 fully saturated rings. The molecule has 0 bridgehead atoms. The van der Waals surface area contributed by atoms with Gasteiger partial charge in [-0.05, 0) is 60.5 Å². The minimum absolute atomic E-state index is 0.0446. The molecule has 0 radical (unpaired) electrons. The third-order valence-corrected chi connectivity index (χ3v) is 4.86. The number of hydrogen-bond acceptors (Lipinski definition) is 8. The number of likely N-dealkylation sites (tertiary alicyclic amines) is 1. The molecule has 2 aliphatic heterocycles. The van der Waals surface area contributed by atoms with Crippen LogP contribution in [0.15, 0.2) is 4.52 Å². The first kappa shape index (κ1) is 21.0. The molecule has 0 unspecified atom stereocenters. The maximum atomic E-state index is 12.1. The number of alkyl carbamates (subject to hydrolysis) is 1. The summed E-state index contributed by atoms with van der Waals surface area (Å²) >= 11 is 0. The van der Waals surface area contributed by atoms with Crippen LogP contribution in [-0.2, 0) is 26.3 Å².